The van der Waals surface area contributed by atoms with E-state index in [2.05, 4.69) is 20.3 Å². The third kappa shape index (κ3) is 3.88. The van der Waals surface area contributed by atoms with Crippen molar-refractivity contribution in [1.29, 1.82) is 0 Å². The van der Waals surface area contributed by atoms with Gasteiger partial charge in [-0.05, 0) is 12.5 Å². The molecule has 1 fully saturated rings. The minimum Gasteiger partial charge on any atom is -0.382 e. The third-order valence-corrected chi connectivity index (χ3v) is 4.01. The predicted molar refractivity (Wildman–Crippen MR) is 88.7 cm³/mol. The van der Waals surface area contributed by atoms with Gasteiger partial charge in [-0.3, -0.25) is 9.78 Å². The van der Waals surface area contributed by atoms with Gasteiger partial charge in [-0.25, -0.2) is 9.07 Å². The molecule has 7 nitrogen and oxygen atoms in total. The molecule has 1 aliphatic heterocycles. The zero-order chi connectivity index (χ0) is 16.9. The number of hydrogen-bond acceptors (Lipinski definition) is 6. The lowest BCUT2D eigenvalue weighted by molar-refractivity contribution is 0.0374. The first-order valence-corrected chi connectivity index (χ1v) is 7.87. The fourth-order valence-corrected chi connectivity index (χ4v) is 2.65. The number of halogens is 1. The number of ether oxygens (including phenoxy) is 1. The van der Waals surface area contributed by atoms with Gasteiger partial charge in [0.05, 0.1) is 36.5 Å². The summed E-state index contributed by atoms with van der Waals surface area (Å²) < 4.78 is 20.6. The molecule has 0 spiro atoms. The Morgan fingerprint density at radius 2 is 2.33 bits per heavy atom. The van der Waals surface area contributed by atoms with Crippen LogP contribution in [0.5, 0.6) is 0 Å². The number of nitrogens with one attached hydrogen (secondary N) is 1. The third-order valence-electron chi connectivity index (χ3n) is 4.01. The van der Waals surface area contributed by atoms with E-state index in [-0.39, 0.29) is 17.5 Å². The molecule has 0 amide bonds. The van der Waals surface area contributed by atoms with Crippen LogP contribution in [0.1, 0.15) is 6.42 Å². The van der Waals surface area contributed by atoms with E-state index < -0.39 is 0 Å². The van der Waals surface area contributed by atoms with Gasteiger partial charge >= 0.3 is 0 Å². The number of nitrogens with zero attached hydrogens (tertiary/aromatic N) is 4. The molecule has 8 heteroatoms. The van der Waals surface area contributed by atoms with Crippen molar-refractivity contribution < 1.29 is 9.13 Å². The Kier molecular flexibility index (Phi) is 5.05. The Hall–Kier alpha value is -2.48. The van der Waals surface area contributed by atoms with E-state index in [9.17, 15) is 9.18 Å². The Labute approximate surface area is 139 Å². The van der Waals surface area contributed by atoms with E-state index in [1.807, 2.05) is 0 Å². The second kappa shape index (κ2) is 7.39. The second-order valence-corrected chi connectivity index (χ2v) is 5.69. The molecule has 0 aliphatic carbocycles. The first kappa shape index (κ1) is 16.4. The second-order valence-electron chi connectivity index (χ2n) is 5.69. The molecule has 24 heavy (non-hydrogen) atoms. The lowest BCUT2D eigenvalue weighted by Gasteiger charge is -2.34. The summed E-state index contributed by atoms with van der Waals surface area (Å²) in [5, 5.41) is 7.10. The molecule has 2 aromatic rings. The molecular weight excluding hydrogens is 313 g/mol. The number of rotatable bonds is 5. The van der Waals surface area contributed by atoms with Gasteiger partial charge in [0.1, 0.15) is 0 Å². The first-order chi connectivity index (χ1) is 11.6. The van der Waals surface area contributed by atoms with E-state index in [0.717, 1.165) is 18.7 Å². The molecule has 128 valence electrons. The minimum atomic E-state index is -0.366. The van der Waals surface area contributed by atoms with E-state index >= 15 is 0 Å². The Bertz CT molecular complexity index is 751. The number of hydrogen-bond donors (Lipinski definition) is 1. The molecule has 1 atom stereocenters. The van der Waals surface area contributed by atoms with Crippen LogP contribution in [0.3, 0.4) is 0 Å². The lowest BCUT2D eigenvalue weighted by Crippen LogP contribution is -2.43. The molecule has 0 aromatic carbocycles. The van der Waals surface area contributed by atoms with Crippen LogP contribution in [0, 0.1) is 5.82 Å². The Balaban J connectivity index is 1.55. The highest BCUT2D eigenvalue weighted by Gasteiger charge is 2.21. The average Bonchev–Trinajstić information content (AvgIpc) is 2.59. The predicted octanol–water partition coefficient (Wildman–Crippen LogP) is 1.02. The summed E-state index contributed by atoms with van der Waals surface area (Å²) in [4.78, 5) is 17.5. The van der Waals surface area contributed by atoms with Crippen molar-refractivity contribution in [2.24, 2.45) is 7.05 Å². The number of anilines is 2. The van der Waals surface area contributed by atoms with Crippen molar-refractivity contribution >= 4 is 11.4 Å². The van der Waals surface area contributed by atoms with E-state index in [1.54, 1.807) is 31.6 Å². The normalized spacial score (nSPS) is 17.8. The molecule has 0 saturated carbocycles. The molecule has 3 rings (SSSR count). The van der Waals surface area contributed by atoms with Crippen LogP contribution in [0.25, 0.3) is 0 Å². The SMILES string of the molecule is Cn1ncc(N2CCOC(CCNc3ccncc3F)C2)cc1=O. The molecule has 1 unspecified atom stereocenters. The number of aryl methyl sites for hydroxylation is 1. The number of pyridine rings is 1. The maximum Gasteiger partial charge on any atom is 0.268 e. The van der Waals surface area contributed by atoms with Gasteiger partial charge in [0.2, 0.25) is 0 Å². The fraction of sp³-hybridized carbons (Fsp3) is 0.438. The van der Waals surface area contributed by atoms with Crippen molar-refractivity contribution in [2.45, 2.75) is 12.5 Å². The van der Waals surface area contributed by atoms with Gasteiger partial charge in [-0.1, -0.05) is 0 Å². The highest BCUT2D eigenvalue weighted by Crippen LogP contribution is 2.17. The van der Waals surface area contributed by atoms with Crippen LogP contribution >= 0.6 is 0 Å². The molecule has 3 heterocycles. The summed E-state index contributed by atoms with van der Waals surface area (Å²) in [5.41, 5.74) is 1.11. The molecule has 0 radical (unpaired) electrons. The van der Waals surface area contributed by atoms with Crippen LogP contribution in [0.2, 0.25) is 0 Å². The van der Waals surface area contributed by atoms with Gasteiger partial charge in [0.15, 0.2) is 5.82 Å². The maximum absolute atomic E-state index is 13.5. The van der Waals surface area contributed by atoms with Crippen LogP contribution in [0.4, 0.5) is 15.8 Å². The number of morpholine rings is 1. The lowest BCUT2D eigenvalue weighted by atomic mass is 10.2. The highest BCUT2D eigenvalue weighted by molar-refractivity contribution is 5.44. The highest BCUT2D eigenvalue weighted by atomic mass is 19.1. The standard InChI is InChI=1S/C16H20FN5O2/c1-21-16(23)8-12(9-20-21)22-6-7-24-13(11-22)2-5-19-15-3-4-18-10-14(15)17/h3-4,8-10,13H,2,5-7,11H2,1H3,(H,18,19). The topological polar surface area (TPSA) is 72.3 Å². The van der Waals surface area contributed by atoms with Crippen molar-refractivity contribution in [2.75, 3.05) is 36.5 Å². The first-order valence-electron chi connectivity index (χ1n) is 7.87. The van der Waals surface area contributed by atoms with Gasteiger partial charge in [0, 0.05) is 38.9 Å². The number of aromatic nitrogens is 3. The smallest absolute Gasteiger partial charge is 0.268 e. The summed E-state index contributed by atoms with van der Waals surface area (Å²) in [6.07, 6.45) is 5.17. The van der Waals surface area contributed by atoms with Crippen molar-refractivity contribution in [3.63, 3.8) is 0 Å². The Morgan fingerprint density at radius 1 is 1.46 bits per heavy atom. The van der Waals surface area contributed by atoms with Gasteiger partial charge < -0.3 is 15.0 Å². The molecule has 1 aliphatic rings. The minimum absolute atomic E-state index is 0.0141. The van der Waals surface area contributed by atoms with Gasteiger partial charge in [-0.15, -0.1) is 0 Å². The van der Waals surface area contributed by atoms with E-state index in [1.165, 1.54) is 10.9 Å². The van der Waals surface area contributed by atoms with Gasteiger partial charge in [-0.2, -0.15) is 5.10 Å². The zero-order valence-corrected chi connectivity index (χ0v) is 13.5. The van der Waals surface area contributed by atoms with Gasteiger partial charge in [0.25, 0.3) is 5.56 Å². The van der Waals surface area contributed by atoms with Crippen molar-refractivity contribution in [1.82, 2.24) is 14.8 Å². The average molecular weight is 333 g/mol. The maximum atomic E-state index is 13.5. The summed E-state index contributed by atoms with van der Waals surface area (Å²) in [7, 11) is 1.62. The molecular formula is C16H20FN5O2. The van der Waals surface area contributed by atoms with Crippen molar-refractivity contribution in [3.05, 3.63) is 46.9 Å². The van der Waals surface area contributed by atoms with Crippen LogP contribution in [-0.4, -0.2) is 47.1 Å². The van der Waals surface area contributed by atoms with Crippen LogP contribution < -0.4 is 15.8 Å². The molecule has 2 aromatic heterocycles. The van der Waals surface area contributed by atoms with E-state index in [4.69, 9.17) is 4.74 Å². The van der Waals surface area contributed by atoms with Crippen molar-refractivity contribution in [3.8, 4) is 0 Å². The monoisotopic (exact) mass is 333 g/mol. The quantitative estimate of drug-likeness (QED) is 0.881. The largest absolute Gasteiger partial charge is 0.382 e. The summed E-state index contributed by atoms with van der Waals surface area (Å²) in [5.74, 6) is -0.366. The molecule has 1 saturated heterocycles. The molecule has 1 N–H and O–H groups in total. The molecule has 0 bridgehead atoms. The zero-order valence-electron chi connectivity index (χ0n) is 13.5. The van der Waals surface area contributed by atoms with Crippen LogP contribution in [0.15, 0.2) is 35.5 Å². The van der Waals surface area contributed by atoms with Crippen LogP contribution in [-0.2, 0) is 11.8 Å². The summed E-state index contributed by atoms with van der Waals surface area (Å²) >= 11 is 0. The summed E-state index contributed by atoms with van der Waals surface area (Å²) in [6.45, 7) is 2.57. The summed E-state index contributed by atoms with van der Waals surface area (Å²) in [6, 6.07) is 3.19. The fourth-order valence-electron chi connectivity index (χ4n) is 2.65. The van der Waals surface area contributed by atoms with E-state index in [0.29, 0.717) is 25.4 Å². The Morgan fingerprint density at radius 3 is 3.12 bits per heavy atom.